The van der Waals surface area contributed by atoms with Gasteiger partial charge in [0.05, 0.1) is 23.7 Å². The summed E-state index contributed by atoms with van der Waals surface area (Å²) in [6.07, 6.45) is 0.935. The fourth-order valence-electron chi connectivity index (χ4n) is 9.23. The van der Waals surface area contributed by atoms with E-state index in [0.29, 0.717) is 46.8 Å². The van der Waals surface area contributed by atoms with Crippen molar-refractivity contribution in [1.29, 1.82) is 0 Å². The van der Waals surface area contributed by atoms with E-state index in [1.54, 1.807) is 23.1 Å². The minimum atomic E-state index is -2.29. The van der Waals surface area contributed by atoms with Gasteiger partial charge in [-0.15, -0.1) is 5.54 Å². The van der Waals surface area contributed by atoms with Crippen LogP contribution in [0.4, 0.5) is 19.4 Å². The maximum atomic E-state index is 17.2. The number of carboxylic acids is 1. The molecule has 3 atom stereocenters. The zero-order valence-electron chi connectivity index (χ0n) is 32.3. The quantitative estimate of drug-likeness (QED) is 0.158. The molecule has 0 radical (unpaired) electrons. The summed E-state index contributed by atoms with van der Waals surface area (Å²) < 4.78 is 45.4. The number of aromatic nitrogens is 3. The standard InChI is InChI=1S/C41H47F2N5O5Si/c1-21(2)54(22(3)4,23(5)6)18-17-26-28(42)15-13-24-11-10-12-27(31(24)26)34-33(43)35-32-37(46-36(44-35)39(49)50)47-19-25-14-16-29(30(47)20-52-38(32)45-34)48(25)40(51)53-41(7,8)9/h10-13,15,21-23,25,29-30H,14,16,19-20H2,1-9H3,(H,49,50)/t25-,29+,30+/m0/s1. The zero-order valence-corrected chi connectivity index (χ0v) is 33.3. The number of pyridine rings is 1. The lowest BCUT2D eigenvalue weighted by atomic mass is 9.96. The minimum Gasteiger partial charge on any atom is -0.475 e. The Balaban J connectivity index is 1.43. The molecular weight excluding hydrogens is 709 g/mol. The van der Waals surface area contributed by atoms with Crippen molar-refractivity contribution in [2.24, 2.45) is 0 Å². The smallest absolute Gasteiger partial charge is 0.410 e. The Bertz CT molecular complexity index is 2240. The third-order valence-electron chi connectivity index (χ3n) is 11.5. The number of hydrogen-bond donors (Lipinski definition) is 1. The third-order valence-corrected chi connectivity index (χ3v) is 17.8. The molecule has 13 heteroatoms. The van der Waals surface area contributed by atoms with Crippen molar-refractivity contribution in [2.45, 2.75) is 116 Å². The number of piperazine rings is 1. The topological polar surface area (TPSA) is 118 Å². The van der Waals surface area contributed by atoms with Crippen LogP contribution in [-0.2, 0) is 4.74 Å². The Morgan fingerprint density at radius 3 is 2.31 bits per heavy atom. The zero-order chi connectivity index (χ0) is 39.0. The summed E-state index contributed by atoms with van der Waals surface area (Å²) in [6.45, 7) is 18.9. The van der Waals surface area contributed by atoms with E-state index in [0.717, 1.165) is 0 Å². The number of hydrogen-bond acceptors (Lipinski definition) is 8. The molecule has 2 saturated heterocycles. The van der Waals surface area contributed by atoms with Gasteiger partial charge in [-0.1, -0.05) is 71.7 Å². The van der Waals surface area contributed by atoms with Crippen LogP contribution in [0.1, 0.15) is 91.3 Å². The third kappa shape index (κ3) is 6.03. The first kappa shape index (κ1) is 37.5. The second-order valence-corrected chi connectivity index (χ2v) is 22.2. The molecule has 1 amide bonds. The molecule has 5 heterocycles. The van der Waals surface area contributed by atoms with Crippen LogP contribution < -0.4 is 9.64 Å². The van der Waals surface area contributed by atoms with Gasteiger partial charge < -0.3 is 19.5 Å². The number of ether oxygens (including phenoxy) is 2. The normalized spacial score (nSPS) is 19.6. The van der Waals surface area contributed by atoms with E-state index < -0.39 is 49.2 Å². The molecule has 4 aromatic rings. The van der Waals surface area contributed by atoms with Gasteiger partial charge in [-0.05, 0) is 61.7 Å². The maximum Gasteiger partial charge on any atom is 0.410 e. The molecule has 0 aliphatic carbocycles. The van der Waals surface area contributed by atoms with Crippen molar-refractivity contribution >= 4 is 47.6 Å². The highest BCUT2D eigenvalue weighted by Gasteiger charge is 2.52. The average Bonchev–Trinajstić information content (AvgIpc) is 3.33. The summed E-state index contributed by atoms with van der Waals surface area (Å²) in [7, 11) is -2.29. The second kappa shape index (κ2) is 13.5. The summed E-state index contributed by atoms with van der Waals surface area (Å²) in [5.41, 5.74) is 3.82. The van der Waals surface area contributed by atoms with E-state index >= 15 is 8.78 Å². The summed E-state index contributed by atoms with van der Waals surface area (Å²) in [6, 6.07) is 7.19. The van der Waals surface area contributed by atoms with E-state index in [1.165, 1.54) is 6.07 Å². The molecule has 2 aromatic carbocycles. The number of rotatable bonds is 5. The van der Waals surface area contributed by atoms with Crippen LogP contribution in [0.3, 0.4) is 0 Å². The molecule has 0 saturated carbocycles. The molecule has 7 rings (SSSR count). The number of amides is 1. The predicted octanol–water partition coefficient (Wildman–Crippen LogP) is 8.74. The van der Waals surface area contributed by atoms with E-state index in [9.17, 15) is 14.7 Å². The van der Waals surface area contributed by atoms with Crippen molar-refractivity contribution in [3.05, 3.63) is 53.4 Å². The molecule has 284 valence electrons. The summed E-state index contributed by atoms with van der Waals surface area (Å²) in [5.74, 6) is 0.0410. The lowest BCUT2D eigenvalue weighted by molar-refractivity contribution is 0.00539. The summed E-state index contributed by atoms with van der Waals surface area (Å²) in [4.78, 5) is 43.0. The Kier molecular flexibility index (Phi) is 9.35. The molecule has 2 aromatic heterocycles. The highest BCUT2D eigenvalue weighted by atomic mass is 28.3. The van der Waals surface area contributed by atoms with Gasteiger partial charge in [0.15, 0.2) is 5.82 Å². The predicted molar refractivity (Wildman–Crippen MR) is 207 cm³/mol. The van der Waals surface area contributed by atoms with Gasteiger partial charge >= 0.3 is 12.1 Å². The van der Waals surface area contributed by atoms with Crippen LogP contribution in [0.2, 0.25) is 16.6 Å². The average molecular weight is 756 g/mol. The number of benzene rings is 2. The number of anilines is 1. The number of halogens is 2. The van der Waals surface area contributed by atoms with Crippen LogP contribution in [0.25, 0.3) is 32.9 Å². The van der Waals surface area contributed by atoms with Crippen LogP contribution in [0.15, 0.2) is 30.3 Å². The van der Waals surface area contributed by atoms with Crippen LogP contribution >= 0.6 is 0 Å². The lowest BCUT2D eigenvalue weighted by Gasteiger charge is -2.46. The van der Waals surface area contributed by atoms with E-state index in [4.69, 9.17) is 14.5 Å². The van der Waals surface area contributed by atoms with Gasteiger partial charge in [-0.2, -0.15) is 0 Å². The van der Waals surface area contributed by atoms with Crippen molar-refractivity contribution < 1.29 is 33.0 Å². The first-order valence-corrected chi connectivity index (χ1v) is 21.0. The van der Waals surface area contributed by atoms with Crippen molar-refractivity contribution in [2.75, 3.05) is 18.1 Å². The van der Waals surface area contributed by atoms with Gasteiger partial charge in [-0.3, -0.25) is 4.90 Å². The monoisotopic (exact) mass is 755 g/mol. The molecule has 0 spiro atoms. The van der Waals surface area contributed by atoms with Crippen molar-refractivity contribution in [1.82, 2.24) is 19.9 Å². The molecule has 3 aliphatic rings. The molecular formula is C41H47F2N5O5Si. The molecule has 3 aliphatic heterocycles. The Hall–Kier alpha value is -4.83. The van der Waals surface area contributed by atoms with Crippen LogP contribution in [-0.4, -0.2) is 82.0 Å². The molecule has 2 bridgehead atoms. The molecule has 1 N–H and O–H groups in total. The summed E-state index contributed by atoms with van der Waals surface area (Å²) >= 11 is 0. The SMILES string of the molecule is CC(C)[Si](C#Cc1c(F)ccc2cccc(-c3nc4c5c(nc(C(=O)O)nc5c3F)N3C[C@@H]5CC[C@H]([C@H]3CO4)N5C(=O)OC(C)(C)C)c12)(C(C)C)C(C)C. The maximum absolute atomic E-state index is 17.2. The largest absolute Gasteiger partial charge is 0.475 e. The number of carbonyl (C=O) groups excluding carboxylic acids is 1. The Labute approximate surface area is 315 Å². The fourth-order valence-corrected chi connectivity index (χ4v) is 14.4. The van der Waals surface area contributed by atoms with Gasteiger partial charge in [0.25, 0.3) is 0 Å². The van der Waals surface area contributed by atoms with E-state index in [2.05, 4.69) is 63.0 Å². The molecule has 54 heavy (non-hydrogen) atoms. The molecule has 0 unspecified atom stereocenters. The van der Waals surface area contributed by atoms with Crippen LogP contribution in [0.5, 0.6) is 5.88 Å². The van der Waals surface area contributed by atoms with Gasteiger partial charge in [0.2, 0.25) is 11.7 Å². The Morgan fingerprint density at radius 2 is 1.67 bits per heavy atom. The number of fused-ring (bicyclic) bond motifs is 6. The summed E-state index contributed by atoms with van der Waals surface area (Å²) in [5, 5.41) is 11.3. The Morgan fingerprint density at radius 1 is 0.963 bits per heavy atom. The highest BCUT2D eigenvalue weighted by Crippen LogP contribution is 2.46. The van der Waals surface area contributed by atoms with Gasteiger partial charge in [0, 0.05) is 17.5 Å². The number of carbonyl (C=O) groups is 2. The number of nitrogens with zero attached hydrogens (tertiary/aromatic N) is 5. The van der Waals surface area contributed by atoms with Crippen LogP contribution in [0, 0.1) is 23.1 Å². The number of carboxylic acid groups (broad SMARTS) is 1. The van der Waals surface area contributed by atoms with Gasteiger partial charge in [-0.25, -0.2) is 33.3 Å². The van der Waals surface area contributed by atoms with Crippen molar-refractivity contribution in [3.63, 3.8) is 0 Å². The fraction of sp³-hybridized carbons (Fsp3) is 0.488. The molecule has 10 nitrogen and oxygen atoms in total. The minimum absolute atomic E-state index is 0.0225. The second-order valence-electron chi connectivity index (χ2n) is 16.7. The lowest BCUT2D eigenvalue weighted by Crippen LogP contribution is -2.63. The van der Waals surface area contributed by atoms with E-state index in [1.807, 2.05) is 31.7 Å². The van der Waals surface area contributed by atoms with Crippen molar-refractivity contribution in [3.8, 4) is 28.6 Å². The van der Waals surface area contributed by atoms with E-state index in [-0.39, 0.29) is 58.1 Å². The molecule has 2 fully saturated rings. The highest BCUT2D eigenvalue weighted by molar-refractivity contribution is 6.90. The first-order valence-electron chi connectivity index (χ1n) is 18.7. The van der Waals surface area contributed by atoms with Gasteiger partial charge in [0.1, 0.15) is 48.5 Å². The number of aromatic carboxylic acids is 1. The first-order chi connectivity index (χ1) is 25.4.